The van der Waals surface area contributed by atoms with E-state index >= 15 is 0 Å². The number of anilines is 1. The standard InChI is InChI=1S/C15H22N2OS/c1-10-5-6-11(15(2,3)4)7-12(10)17-14(18)13-8-19-9-16-13/h5-7,13,16H,8-9H2,1-4H3,(H,17,18). The lowest BCUT2D eigenvalue weighted by Crippen LogP contribution is -2.37. The van der Waals surface area contributed by atoms with E-state index in [1.54, 1.807) is 11.8 Å². The molecule has 0 spiro atoms. The van der Waals surface area contributed by atoms with Crippen molar-refractivity contribution >= 4 is 23.4 Å². The maximum absolute atomic E-state index is 12.1. The molecule has 0 saturated carbocycles. The van der Waals surface area contributed by atoms with Gasteiger partial charge in [0.2, 0.25) is 5.91 Å². The van der Waals surface area contributed by atoms with Gasteiger partial charge < -0.3 is 5.32 Å². The quantitative estimate of drug-likeness (QED) is 0.874. The van der Waals surface area contributed by atoms with Crippen LogP contribution in [0.4, 0.5) is 5.69 Å². The van der Waals surface area contributed by atoms with E-state index < -0.39 is 0 Å². The third-order valence-electron chi connectivity index (χ3n) is 3.39. The normalized spacial score (nSPS) is 19.5. The summed E-state index contributed by atoms with van der Waals surface area (Å²) in [4.78, 5) is 12.1. The Kier molecular flexibility index (Phi) is 4.21. The predicted molar refractivity (Wildman–Crippen MR) is 82.8 cm³/mol. The molecule has 1 heterocycles. The smallest absolute Gasteiger partial charge is 0.242 e. The van der Waals surface area contributed by atoms with Crippen LogP contribution in [-0.4, -0.2) is 23.6 Å². The van der Waals surface area contributed by atoms with Crippen LogP contribution in [0, 0.1) is 6.92 Å². The van der Waals surface area contributed by atoms with Crippen molar-refractivity contribution in [2.24, 2.45) is 0 Å². The van der Waals surface area contributed by atoms with Gasteiger partial charge in [-0.15, -0.1) is 11.8 Å². The second kappa shape index (κ2) is 5.55. The topological polar surface area (TPSA) is 41.1 Å². The molecule has 4 heteroatoms. The second-order valence-corrected chi connectivity index (χ2v) is 7.07. The number of carbonyl (C=O) groups is 1. The van der Waals surface area contributed by atoms with Crippen LogP contribution >= 0.6 is 11.8 Å². The number of hydrogen-bond acceptors (Lipinski definition) is 3. The third kappa shape index (κ3) is 3.51. The van der Waals surface area contributed by atoms with Crippen molar-refractivity contribution in [3.63, 3.8) is 0 Å². The Morgan fingerprint density at radius 3 is 2.74 bits per heavy atom. The van der Waals surface area contributed by atoms with Gasteiger partial charge >= 0.3 is 0 Å². The predicted octanol–water partition coefficient (Wildman–Crippen LogP) is 2.89. The lowest BCUT2D eigenvalue weighted by Gasteiger charge is -2.21. The highest BCUT2D eigenvalue weighted by atomic mass is 32.2. The zero-order valence-corrected chi connectivity index (χ0v) is 12.9. The summed E-state index contributed by atoms with van der Waals surface area (Å²) in [6, 6.07) is 6.24. The first-order valence-corrected chi connectivity index (χ1v) is 7.76. The summed E-state index contributed by atoms with van der Waals surface area (Å²) in [6.45, 7) is 8.56. The maximum atomic E-state index is 12.1. The van der Waals surface area contributed by atoms with Crippen LogP contribution in [0.15, 0.2) is 18.2 Å². The summed E-state index contributed by atoms with van der Waals surface area (Å²) in [5, 5.41) is 6.24. The molecule has 1 amide bonds. The van der Waals surface area contributed by atoms with Gasteiger partial charge in [-0.25, -0.2) is 0 Å². The highest BCUT2D eigenvalue weighted by Gasteiger charge is 2.23. The zero-order valence-electron chi connectivity index (χ0n) is 12.0. The summed E-state index contributed by atoms with van der Waals surface area (Å²) < 4.78 is 0. The van der Waals surface area contributed by atoms with Crippen LogP contribution in [0.2, 0.25) is 0 Å². The van der Waals surface area contributed by atoms with E-state index in [0.29, 0.717) is 0 Å². The van der Waals surface area contributed by atoms with E-state index in [9.17, 15) is 4.79 Å². The van der Waals surface area contributed by atoms with E-state index in [-0.39, 0.29) is 17.4 Å². The minimum Gasteiger partial charge on any atom is -0.324 e. The Labute approximate surface area is 119 Å². The zero-order chi connectivity index (χ0) is 14.0. The van der Waals surface area contributed by atoms with Crippen LogP contribution in [-0.2, 0) is 10.2 Å². The molecule has 1 aromatic carbocycles. The molecule has 1 aromatic rings. The van der Waals surface area contributed by atoms with Crippen LogP contribution in [0.3, 0.4) is 0 Å². The lowest BCUT2D eigenvalue weighted by atomic mass is 9.86. The molecule has 0 radical (unpaired) electrons. The SMILES string of the molecule is Cc1ccc(C(C)(C)C)cc1NC(=O)C1CSCN1. The molecule has 1 saturated heterocycles. The largest absolute Gasteiger partial charge is 0.324 e. The first kappa shape index (κ1) is 14.4. The number of benzene rings is 1. The van der Waals surface area contributed by atoms with E-state index in [1.165, 1.54) is 5.56 Å². The van der Waals surface area contributed by atoms with E-state index in [0.717, 1.165) is 22.9 Å². The van der Waals surface area contributed by atoms with Crippen LogP contribution < -0.4 is 10.6 Å². The van der Waals surface area contributed by atoms with E-state index in [4.69, 9.17) is 0 Å². The molecule has 1 unspecified atom stereocenters. The molecule has 0 bridgehead atoms. The fourth-order valence-electron chi connectivity index (χ4n) is 2.01. The number of rotatable bonds is 2. The number of aryl methyl sites for hydroxylation is 1. The number of amides is 1. The molecular formula is C15H22N2OS. The summed E-state index contributed by atoms with van der Waals surface area (Å²) in [7, 11) is 0. The van der Waals surface area contributed by atoms with Gasteiger partial charge in [-0.1, -0.05) is 32.9 Å². The van der Waals surface area contributed by atoms with Crippen LogP contribution in [0.1, 0.15) is 31.9 Å². The van der Waals surface area contributed by atoms with Crippen molar-refractivity contribution in [2.45, 2.75) is 39.2 Å². The van der Waals surface area contributed by atoms with Gasteiger partial charge in [0.05, 0.1) is 6.04 Å². The average Bonchev–Trinajstić information content (AvgIpc) is 2.84. The van der Waals surface area contributed by atoms with Crippen molar-refractivity contribution in [3.05, 3.63) is 29.3 Å². The molecule has 0 aromatic heterocycles. The molecule has 2 N–H and O–H groups in total. The van der Waals surface area contributed by atoms with Gasteiger partial charge in [0.1, 0.15) is 0 Å². The number of hydrogen-bond donors (Lipinski definition) is 2. The van der Waals surface area contributed by atoms with Crippen molar-refractivity contribution < 1.29 is 4.79 Å². The van der Waals surface area contributed by atoms with Gasteiger partial charge in [0.15, 0.2) is 0 Å². The van der Waals surface area contributed by atoms with Crippen molar-refractivity contribution in [1.29, 1.82) is 0 Å². The summed E-state index contributed by atoms with van der Waals surface area (Å²) in [5.41, 5.74) is 3.36. The average molecular weight is 278 g/mol. The molecule has 104 valence electrons. The Balaban J connectivity index is 2.17. The molecular weight excluding hydrogens is 256 g/mol. The molecule has 2 rings (SSSR count). The van der Waals surface area contributed by atoms with Gasteiger partial charge in [-0.2, -0.15) is 0 Å². The van der Waals surface area contributed by atoms with Gasteiger partial charge in [0.25, 0.3) is 0 Å². The Bertz CT molecular complexity index is 474. The molecule has 1 aliphatic heterocycles. The fraction of sp³-hybridized carbons (Fsp3) is 0.533. The van der Waals surface area contributed by atoms with Gasteiger partial charge in [-0.3, -0.25) is 10.1 Å². The lowest BCUT2D eigenvalue weighted by molar-refractivity contribution is -0.117. The number of thioether (sulfide) groups is 1. The maximum Gasteiger partial charge on any atom is 0.242 e. The highest BCUT2D eigenvalue weighted by Crippen LogP contribution is 2.27. The van der Waals surface area contributed by atoms with Crippen molar-refractivity contribution in [1.82, 2.24) is 5.32 Å². The second-order valence-electron chi connectivity index (χ2n) is 6.04. The van der Waals surface area contributed by atoms with E-state index in [2.05, 4.69) is 49.6 Å². The van der Waals surface area contributed by atoms with Crippen LogP contribution in [0.25, 0.3) is 0 Å². The fourth-order valence-corrected chi connectivity index (χ4v) is 2.95. The Morgan fingerprint density at radius 2 is 2.16 bits per heavy atom. The van der Waals surface area contributed by atoms with Crippen LogP contribution in [0.5, 0.6) is 0 Å². The van der Waals surface area contributed by atoms with Crippen molar-refractivity contribution in [3.8, 4) is 0 Å². The summed E-state index contributed by atoms with van der Waals surface area (Å²) >= 11 is 1.76. The number of carbonyl (C=O) groups excluding carboxylic acids is 1. The minimum absolute atomic E-state index is 0.0670. The van der Waals surface area contributed by atoms with E-state index in [1.807, 2.05) is 6.92 Å². The molecule has 0 aliphatic carbocycles. The third-order valence-corrected chi connectivity index (χ3v) is 4.33. The summed E-state index contributed by atoms with van der Waals surface area (Å²) in [5.74, 6) is 1.78. The Morgan fingerprint density at radius 1 is 1.42 bits per heavy atom. The Hall–Kier alpha value is -1.000. The van der Waals surface area contributed by atoms with Gasteiger partial charge in [0, 0.05) is 17.3 Å². The molecule has 19 heavy (non-hydrogen) atoms. The molecule has 1 aliphatic rings. The minimum atomic E-state index is -0.0670. The van der Waals surface area contributed by atoms with Gasteiger partial charge in [-0.05, 0) is 29.5 Å². The first-order valence-electron chi connectivity index (χ1n) is 6.61. The molecule has 1 atom stereocenters. The number of nitrogens with one attached hydrogen (secondary N) is 2. The summed E-state index contributed by atoms with van der Waals surface area (Å²) in [6.07, 6.45) is 0. The highest BCUT2D eigenvalue weighted by molar-refractivity contribution is 7.99. The molecule has 1 fully saturated rings. The monoisotopic (exact) mass is 278 g/mol. The van der Waals surface area contributed by atoms with Crippen molar-refractivity contribution in [2.75, 3.05) is 16.9 Å². The first-order chi connectivity index (χ1) is 8.88. The molecule has 3 nitrogen and oxygen atoms in total.